The van der Waals surface area contributed by atoms with Crippen molar-refractivity contribution in [1.82, 2.24) is 4.72 Å². The molecule has 0 radical (unpaired) electrons. The Balaban J connectivity index is 2.41. The molecule has 0 fully saturated rings. The van der Waals surface area contributed by atoms with Crippen LogP contribution in [0.3, 0.4) is 0 Å². The van der Waals surface area contributed by atoms with Crippen LogP contribution in [0.25, 0.3) is 10.8 Å². The Hall–Kier alpha value is -2.65. The highest BCUT2D eigenvalue weighted by atomic mass is 32.2. The first-order chi connectivity index (χ1) is 11.2. The van der Waals surface area contributed by atoms with E-state index in [9.17, 15) is 18.0 Å². The Kier molecular flexibility index (Phi) is 5.05. The van der Waals surface area contributed by atoms with Gasteiger partial charge >= 0.3 is 11.9 Å². The molecule has 0 aliphatic heterocycles. The lowest BCUT2D eigenvalue weighted by Crippen LogP contribution is -2.41. The first-order valence-corrected chi connectivity index (χ1v) is 8.45. The number of nitrogens with one attached hydrogen (secondary N) is 1. The number of hydrogen-bond acceptors (Lipinski definition) is 5. The van der Waals surface area contributed by atoms with E-state index in [4.69, 9.17) is 15.9 Å². The summed E-state index contributed by atoms with van der Waals surface area (Å²) in [6.45, 7) is 0. The van der Waals surface area contributed by atoms with Crippen LogP contribution < -0.4 is 10.5 Å². The van der Waals surface area contributed by atoms with Gasteiger partial charge in [-0.1, -0.05) is 24.3 Å². The molecule has 0 aromatic heterocycles. The fraction of sp³-hybridized carbons (Fsp3) is 0.200. The van der Waals surface area contributed by atoms with Crippen molar-refractivity contribution in [2.75, 3.05) is 5.73 Å². The summed E-state index contributed by atoms with van der Waals surface area (Å²) in [5, 5.41) is 18.6. The van der Waals surface area contributed by atoms with Crippen molar-refractivity contribution in [3.63, 3.8) is 0 Å². The molecule has 2 aromatic rings. The Labute approximate surface area is 137 Å². The molecule has 2 aromatic carbocycles. The number of nitrogens with two attached hydrogens (primary N) is 1. The summed E-state index contributed by atoms with van der Waals surface area (Å²) in [4.78, 5) is 21.7. The van der Waals surface area contributed by atoms with E-state index in [1.54, 1.807) is 24.3 Å². The molecule has 24 heavy (non-hydrogen) atoms. The van der Waals surface area contributed by atoms with Crippen LogP contribution in [0, 0.1) is 0 Å². The quantitative estimate of drug-likeness (QED) is 0.544. The van der Waals surface area contributed by atoms with E-state index in [1.165, 1.54) is 12.1 Å². The van der Waals surface area contributed by atoms with E-state index in [0.717, 1.165) is 0 Å². The van der Waals surface area contributed by atoms with Crippen molar-refractivity contribution >= 4 is 38.4 Å². The zero-order valence-electron chi connectivity index (χ0n) is 12.5. The summed E-state index contributed by atoms with van der Waals surface area (Å²) in [6.07, 6.45) is -0.835. The van der Waals surface area contributed by atoms with Gasteiger partial charge in [0.1, 0.15) is 6.04 Å². The van der Waals surface area contributed by atoms with Gasteiger partial charge in [0.05, 0.1) is 4.90 Å². The van der Waals surface area contributed by atoms with Crippen LogP contribution in [0.1, 0.15) is 12.8 Å². The van der Waals surface area contributed by atoms with Crippen LogP contribution in [0.15, 0.2) is 41.3 Å². The molecule has 0 amide bonds. The number of carboxylic acids is 2. The summed E-state index contributed by atoms with van der Waals surface area (Å²) < 4.78 is 27.2. The maximum Gasteiger partial charge on any atom is 0.321 e. The van der Waals surface area contributed by atoms with Crippen molar-refractivity contribution in [2.24, 2.45) is 0 Å². The van der Waals surface area contributed by atoms with Crippen molar-refractivity contribution in [2.45, 2.75) is 23.8 Å². The number of rotatable bonds is 7. The minimum Gasteiger partial charge on any atom is -0.481 e. The Morgan fingerprint density at radius 3 is 2.29 bits per heavy atom. The Morgan fingerprint density at radius 1 is 1.08 bits per heavy atom. The lowest BCUT2D eigenvalue weighted by molar-refractivity contribution is -0.140. The number of anilines is 1. The number of carbonyl (C=O) groups is 2. The molecule has 0 heterocycles. The van der Waals surface area contributed by atoms with Crippen LogP contribution in [0.4, 0.5) is 5.69 Å². The third-order valence-corrected chi connectivity index (χ3v) is 4.98. The molecule has 2 rings (SSSR count). The lowest BCUT2D eigenvalue weighted by Gasteiger charge is -2.15. The van der Waals surface area contributed by atoms with Gasteiger partial charge in [-0.3, -0.25) is 9.59 Å². The third-order valence-electron chi connectivity index (χ3n) is 3.45. The fourth-order valence-electron chi connectivity index (χ4n) is 2.28. The maximum absolute atomic E-state index is 12.6. The predicted octanol–water partition coefficient (Wildman–Crippen LogP) is 1.02. The molecule has 0 saturated carbocycles. The van der Waals surface area contributed by atoms with Gasteiger partial charge in [0.25, 0.3) is 0 Å². The average Bonchev–Trinajstić information content (AvgIpc) is 2.51. The second-order valence-corrected chi connectivity index (χ2v) is 6.83. The van der Waals surface area contributed by atoms with Crippen LogP contribution in [-0.2, 0) is 19.6 Å². The van der Waals surface area contributed by atoms with Gasteiger partial charge in [0.15, 0.2) is 0 Å². The normalized spacial score (nSPS) is 12.8. The number of aliphatic carboxylic acids is 2. The summed E-state index contributed by atoms with van der Waals surface area (Å²) in [6, 6.07) is 7.73. The molecule has 0 bridgehead atoms. The summed E-state index contributed by atoms with van der Waals surface area (Å²) in [5.74, 6) is -2.65. The van der Waals surface area contributed by atoms with Crippen molar-refractivity contribution in [3.8, 4) is 0 Å². The third kappa shape index (κ3) is 3.81. The number of benzene rings is 2. The monoisotopic (exact) mass is 352 g/mol. The van der Waals surface area contributed by atoms with Gasteiger partial charge in [-0.2, -0.15) is 4.72 Å². The highest BCUT2D eigenvalue weighted by Crippen LogP contribution is 2.27. The molecule has 0 aliphatic carbocycles. The molecule has 5 N–H and O–H groups in total. The summed E-state index contributed by atoms with van der Waals surface area (Å²) in [5.41, 5.74) is 6.22. The summed E-state index contributed by atoms with van der Waals surface area (Å²) >= 11 is 0. The second-order valence-electron chi connectivity index (χ2n) is 5.14. The zero-order chi connectivity index (χ0) is 17.9. The average molecular weight is 352 g/mol. The fourth-order valence-corrected chi connectivity index (χ4v) is 3.72. The molecular formula is C15H16N2O6S. The molecule has 9 heteroatoms. The van der Waals surface area contributed by atoms with Crippen LogP contribution >= 0.6 is 0 Å². The second kappa shape index (κ2) is 6.85. The lowest BCUT2D eigenvalue weighted by atomic mass is 10.1. The van der Waals surface area contributed by atoms with Gasteiger partial charge in [0.2, 0.25) is 10.0 Å². The first kappa shape index (κ1) is 17.7. The van der Waals surface area contributed by atoms with Crippen molar-refractivity contribution < 1.29 is 28.2 Å². The Morgan fingerprint density at radius 2 is 1.71 bits per heavy atom. The molecular weight excluding hydrogens is 336 g/mol. The molecule has 0 aliphatic rings. The van der Waals surface area contributed by atoms with Crippen LogP contribution in [-0.4, -0.2) is 36.6 Å². The molecule has 128 valence electrons. The number of carboxylic acid groups (broad SMARTS) is 2. The molecule has 0 spiro atoms. The minimum atomic E-state index is -4.18. The van der Waals surface area contributed by atoms with Gasteiger partial charge in [-0.15, -0.1) is 0 Å². The maximum atomic E-state index is 12.6. The SMILES string of the molecule is Nc1ccc(S(=O)(=O)N[C@@H](CCC(=O)O)C(=O)O)c2ccccc12. The number of sulfonamides is 1. The van der Waals surface area contributed by atoms with E-state index in [0.29, 0.717) is 16.5 Å². The predicted molar refractivity (Wildman–Crippen MR) is 87.0 cm³/mol. The van der Waals surface area contributed by atoms with Gasteiger partial charge < -0.3 is 15.9 Å². The highest BCUT2D eigenvalue weighted by Gasteiger charge is 2.27. The molecule has 0 saturated heterocycles. The topological polar surface area (TPSA) is 147 Å². The van der Waals surface area contributed by atoms with Crippen molar-refractivity contribution in [3.05, 3.63) is 36.4 Å². The molecule has 8 nitrogen and oxygen atoms in total. The summed E-state index contributed by atoms with van der Waals surface area (Å²) in [7, 11) is -4.18. The zero-order valence-corrected chi connectivity index (χ0v) is 13.3. The molecule has 1 atom stereocenters. The van der Waals surface area contributed by atoms with E-state index < -0.39 is 34.4 Å². The van der Waals surface area contributed by atoms with E-state index in [2.05, 4.69) is 0 Å². The molecule has 0 unspecified atom stereocenters. The van der Waals surface area contributed by atoms with E-state index in [1.807, 2.05) is 4.72 Å². The first-order valence-electron chi connectivity index (χ1n) is 6.96. The number of fused-ring (bicyclic) bond motifs is 1. The minimum absolute atomic E-state index is 0.117. The van der Waals surface area contributed by atoms with Crippen molar-refractivity contribution in [1.29, 1.82) is 0 Å². The standard InChI is InChI=1S/C15H16N2O6S/c16-11-5-7-13(10-4-2-1-3-9(10)11)24(22,23)17-12(15(20)21)6-8-14(18)19/h1-5,7,12,17H,6,8,16H2,(H,18,19)(H,20,21)/t12-/m0/s1. The smallest absolute Gasteiger partial charge is 0.321 e. The highest BCUT2D eigenvalue weighted by molar-refractivity contribution is 7.89. The largest absolute Gasteiger partial charge is 0.481 e. The van der Waals surface area contributed by atoms with Gasteiger partial charge in [-0.05, 0) is 18.6 Å². The van der Waals surface area contributed by atoms with Gasteiger partial charge in [0, 0.05) is 22.9 Å². The van der Waals surface area contributed by atoms with Gasteiger partial charge in [-0.25, -0.2) is 8.42 Å². The number of nitrogen functional groups attached to an aromatic ring is 1. The Bertz CT molecular complexity index is 894. The van der Waals surface area contributed by atoms with Crippen LogP contribution in [0.2, 0.25) is 0 Å². The van der Waals surface area contributed by atoms with Crippen LogP contribution in [0.5, 0.6) is 0 Å². The van der Waals surface area contributed by atoms with E-state index in [-0.39, 0.29) is 11.3 Å². The van der Waals surface area contributed by atoms with E-state index >= 15 is 0 Å². The number of hydrogen-bond donors (Lipinski definition) is 4.